The second-order valence-electron chi connectivity index (χ2n) is 3.62. The molecular weight excluding hydrogens is 289 g/mol. The molecule has 1 aromatic rings. The van der Waals surface area contributed by atoms with Crippen LogP contribution in [0, 0.1) is 5.82 Å². The fourth-order valence-corrected chi connectivity index (χ4v) is 1.84. The minimum absolute atomic E-state index is 0.166. The fourth-order valence-electron chi connectivity index (χ4n) is 1.43. The zero-order valence-electron chi connectivity index (χ0n) is 9.87. The summed E-state index contributed by atoms with van der Waals surface area (Å²) in [6, 6.07) is 4.77. The summed E-state index contributed by atoms with van der Waals surface area (Å²) < 4.78 is 18.9. The first-order valence-electron chi connectivity index (χ1n) is 5.30. The third kappa shape index (κ3) is 4.44. The number of hydrogen-bond donors (Lipinski definition) is 0. The molecular formula is C12H15BrFNO2. The van der Waals surface area contributed by atoms with Gasteiger partial charge in [0.25, 0.3) is 0 Å². The SMILES string of the molecule is CCN(CC(=O)OC)Cc1cc(Br)ccc1F. The van der Waals surface area contributed by atoms with Crippen molar-refractivity contribution in [2.75, 3.05) is 20.2 Å². The Labute approximate surface area is 109 Å². The molecule has 3 nitrogen and oxygen atoms in total. The Morgan fingerprint density at radius 3 is 2.82 bits per heavy atom. The molecule has 0 heterocycles. The molecule has 0 saturated heterocycles. The van der Waals surface area contributed by atoms with Crippen LogP contribution in [-0.4, -0.2) is 31.1 Å². The third-order valence-electron chi connectivity index (χ3n) is 2.43. The highest BCUT2D eigenvalue weighted by Gasteiger charge is 2.12. The van der Waals surface area contributed by atoms with E-state index in [9.17, 15) is 9.18 Å². The number of methoxy groups -OCH3 is 1. The highest BCUT2D eigenvalue weighted by molar-refractivity contribution is 9.10. The second kappa shape index (κ2) is 6.71. The van der Waals surface area contributed by atoms with Crippen LogP contribution < -0.4 is 0 Å². The molecule has 5 heteroatoms. The van der Waals surface area contributed by atoms with Crippen LogP contribution in [0.4, 0.5) is 4.39 Å². The summed E-state index contributed by atoms with van der Waals surface area (Å²) in [6.45, 7) is 3.12. The highest BCUT2D eigenvalue weighted by Crippen LogP contribution is 2.17. The third-order valence-corrected chi connectivity index (χ3v) is 2.92. The lowest BCUT2D eigenvalue weighted by Crippen LogP contribution is -2.30. The van der Waals surface area contributed by atoms with Crippen LogP contribution >= 0.6 is 15.9 Å². The second-order valence-corrected chi connectivity index (χ2v) is 4.53. The number of likely N-dealkylation sites (N-methyl/N-ethyl adjacent to an activating group) is 1. The molecule has 17 heavy (non-hydrogen) atoms. The molecule has 0 bridgehead atoms. The maximum Gasteiger partial charge on any atom is 0.319 e. The summed E-state index contributed by atoms with van der Waals surface area (Å²) in [4.78, 5) is 13.0. The van der Waals surface area contributed by atoms with Crippen LogP contribution in [0.1, 0.15) is 12.5 Å². The molecule has 1 rings (SSSR count). The highest BCUT2D eigenvalue weighted by atomic mass is 79.9. The molecule has 0 atom stereocenters. The summed E-state index contributed by atoms with van der Waals surface area (Å²) in [5, 5.41) is 0. The lowest BCUT2D eigenvalue weighted by atomic mass is 10.2. The van der Waals surface area contributed by atoms with Crippen molar-refractivity contribution in [1.29, 1.82) is 0 Å². The van der Waals surface area contributed by atoms with E-state index in [0.717, 1.165) is 4.47 Å². The first kappa shape index (κ1) is 14.1. The normalized spacial score (nSPS) is 10.6. The van der Waals surface area contributed by atoms with Crippen LogP contribution in [0.15, 0.2) is 22.7 Å². The quantitative estimate of drug-likeness (QED) is 0.783. The summed E-state index contributed by atoms with van der Waals surface area (Å²) in [5.41, 5.74) is 0.560. The molecule has 0 aliphatic heterocycles. The molecule has 0 aliphatic carbocycles. The van der Waals surface area contributed by atoms with Gasteiger partial charge in [0, 0.05) is 16.6 Å². The molecule has 0 radical (unpaired) electrons. The Morgan fingerprint density at radius 1 is 1.53 bits per heavy atom. The maximum atomic E-state index is 13.5. The number of rotatable bonds is 5. The first-order chi connectivity index (χ1) is 8.06. The molecule has 0 unspecified atom stereocenters. The summed E-state index contributed by atoms with van der Waals surface area (Å²) in [5.74, 6) is -0.584. The molecule has 1 aromatic carbocycles. The van der Waals surface area contributed by atoms with Crippen LogP contribution in [0.5, 0.6) is 0 Å². The van der Waals surface area contributed by atoms with E-state index in [1.54, 1.807) is 12.1 Å². The van der Waals surface area contributed by atoms with Crippen LogP contribution in [-0.2, 0) is 16.1 Å². The molecule has 0 amide bonds. The van der Waals surface area contributed by atoms with Crippen molar-refractivity contribution in [1.82, 2.24) is 4.90 Å². The number of carbonyl (C=O) groups is 1. The molecule has 0 aliphatic rings. The van der Waals surface area contributed by atoms with Crippen LogP contribution in [0.2, 0.25) is 0 Å². The Hall–Kier alpha value is -0.940. The Bertz CT molecular complexity index is 398. The zero-order valence-corrected chi connectivity index (χ0v) is 11.5. The van der Waals surface area contributed by atoms with Crippen molar-refractivity contribution in [3.8, 4) is 0 Å². The molecule has 0 N–H and O–H groups in total. The number of ether oxygens (including phenoxy) is 1. The van der Waals surface area contributed by atoms with Gasteiger partial charge in [-0.1, -0.05) is 22.9 Å². The maximum absolute atomic E-state index is 13.5. The lowest BCUT2D eigenvalue weighted by molar-refractivity contribution is -0.142. The Kier molecular flexibility index (Phi) is 5.58. The largest absolute Gasteiger partial charge is 0.468 e. The predicted molar refractivity (Wildman–Crippen MR) is 67.1 cm³/mol. The number of hydrogen-bond acceptors (Lipinski definition) is 3. The Morgan fingerprint density at radius 2 is 2.24 bits per heavy atom. The number of halogens is 2. The van der Waals surface area contributed by atoms with Gasteiger partial charge in [-0.25, -0.2) is 4.39 Å². The summed E-state index contributed by atoms with van der Waals surface area (Å²) in [7, 11) is 1.34. The number of benzene rings is 1. The zero-order chi connectivity index (χ0) is 12.8. The van der Waals surface area contributed by atoms with Gasteiger partial charge in [0.05, 0.1) is 13.7 Å². The molecule has 94 valence electrons. The van der Waals surface area contributed by atoms with Crippen molar-refractivity contribution in [2.45, 2.75) is 13.5 Å². The van der Waals surface area contributed by atoms with Gasteiger partial charge in [-0.15, -0.1) is 0 Å². The van der Waals surface area contributed by atoms with Gasteiger partial charge in [-0.2, -0.15) is 0 Å². The van der Waals surface area contributed by atoms with E-state index in [0.29, 0.717) is 18.7 Å². The number of carbonyl (C=O) groups excluding carboxylic acids is 1. The van der Waals surface area contributed by atoms with E-state index in [1.165, 1.54) is 13.2 Å². The molecule has 0 saturated carbocycles. The van der Waals surface area contributed by atoms with Crippen molar-refractivity contribution in [3.05, 3.63) is 34.1 Å². The molecule has 0 spiro atoms. The minimum Gasteiger partial charge on any atom is -0.468 e. The smallest absolute Gasteiger partial charge is 0.319 e. The topological polar surface area (TPSA) is 29.5 Å². The van der Waals surface area contributed by atoms with Crippen molar-refractivity contribution in [3.63, 3.8) is 0 Å². The van der Waals surface area contributed by atoms with Crippen molar-refractivity contribution >= 4 is 21.9 Å². The van der Waals surface area contributed by atoms with Gasteiger partial charge < -0.3 is 4.74 Å². The van der Waals surface area contributed by atoms with E-state index < -0.39 is 0 Å². The van der Waals surface area contributed by atoms with Crippen LogP contribution in [0.25, 0.3) is 0 Å². The lowest BCUT2D eigenvalue weighted by Gasteiger charge is -2.19. The average Bonchev–Trinajstić information content (AvgIpc) is 2.32. The predicted octanol–water partition coefficient (Wildman–Crippen LogP) is 2.58. The summed E-state index contributed by atoms with van der Waals surface area (Å²) >= 11 is 3.30. The average molecular weight is 304 g/mol. The standard InChI is InChI=1S/C12H15BrFNO2/c1-3-15(8-12(16)17-2)7-9-6-10(13)4-5-11(9)14/h4-6H,3,7-8H2,1-2H3. The van der Waals surface area contributed by atoms with Crippen molar-refractivity contribution in [2.24, 2.45) is 0 Å². The van der Waals surface area contributed by atoms with Gasteiger partial charge >= 0.3 is 5.97 Å². The van der Waals surface area contributed by atoms with Gasteiger partial charge in [-0.05, 0) is 24.7 Å². The minimum atomic E-state index is -0.317. The first-order valence-corrected chi connectivity index (χ1v) is 6.09. The monoisotopic (exact) mass is 303 g/mol. The van der Waals surface area contributed by atoms with Crippen LogP contribution in [0.3, 0.4) is 0 Å². The van der Waals surface area contributed by atoms with E-state index in [1.807, 2.05) is 11.8 Å². The van der Waals surface area contributed by atoms with E-state index in [2.05, 4.69) is 20.7 Å². The van der Waals surface area contributed by atoms with Gasteiger partial charge in [0.15, 0.2) is 0 Å². The van der Waals surface area contributed by atoms with Crippen molar-refractivity contribution < 1.29 is 13.9 Å². The van der Waals surface area contributed by atoms with Gasteiger partial charge in [0.1, 0.15) is 5.82 Å². The Balaban J connectivity index is 2.73. The summed E-state index contributed by atoms with van der Waals surface area (Å²) in [6.07, 6.45) is 0. The fraction of sp³-hybridized carbons (Fsp3) is 0.417. The van der Waals surface area contributed by atoms with E-state index in [-0.39, 0.29) is 18.3 Å². The number of nitrogens with zero attached hydrogens (tertiary/aromatic N) is 1. The number of esters is 1. The molecule has 0 aromatic heterocycles. The van der Waals surface area contributed by atoms with E-state index in [4.69, 9.17) is 0 Å². The van der Waals surface area contributed by atoms with Gasteiger partial charge in [0.2, 0.25) is 0 Å². The molecule has 0 fully saturated rings. The van der Waals surface area contributed by atoms with Gasteiger partial charge in [-0.3, -0.25) is 9.69 Å². The van der Waals surface area contributed by atoms with E-state index >= 15 is 0 Å².